The number of nitro groups is 1. The van der Waals surface area contributed by atoms with Gasteiger partial charge in [-0.25, -0.2) is 0 Å². The van der Waals surface area contributed by atoms with Gasteiger partial charge in [0, 0.05) is 11.1 Å². The first kappa shape index (κ1) is 15.1. The van der Waals surface area contributed by atoms with Crippen LogP contribution in [0.4, 0.5) is 18.9 Å². The molecule has 0 aliphatic carbocycles. The van der Waals surface area contributed by atoms with Gasteiger partial charge in [-0.05, 0) is 29.8 Å². The van der Waals surface area contributed by atoms with Crippen molar-refractivity contribution in [2.75, 3.05) is 0 Å². The van der Waals surface area contributed by atoms with Gasteiger partial charge in [0.1, 0.15) is 5.75 Å². The van der Waals surface area contributed by atoms with E-state index in [-0.39, 0.29) is 21.8 Å². The molecule has 0 aliphatic heterocycles. The van der Waals surface area contributed by atoms with Crippen molar-refractivity contribution in [2.24, 2.45) is 0 Å². The highest BCUT2D eigenvalue weighted by Gasteiger charge is 2.31. The van der Waals surface area contributed by atoms with Gasteiger partial charge in [0.05, 0.1) is 10.5 Å². The van der Waals surface area contributed by atoms with Crippen LogP contribution in [-0.4, -0.2) is 11.3 Å². The smallest absolute Gasteiger partial charge is 0.406 e. The quantitative estimate of drug-likeness (QED) is 0.602. The molecular weight excluding hydrogens is 311 g/mol. The van der Waals surface area contributed by atoms with E-state index >= 15 is 0 Å². The van der Waals surface area contributed by atoms with Crippen molar-refractivity contribution < 1.29 is 22.8 Å². The lowest BCUT2D eigenvalue weighted by atomic mass is 10.0. The van der Waals surface area contributed by atoms with Crippen LogP contribution in [0, 0.1) is 10.1 Å². The Morgan fingerprint density at radius 2 is 1.86 bits per heavy atom. The van der Waals surface area contributed by atoms with E-state index in [0.717, 1.165) is 18.2 Å². The molecule has 0 saturated carbocycles. The van der Waals surface area contributed by atoms with Gasteiger partial charge in [0.2, 0.25) is 0 Å². The minimum atomic E-state index is -4.83. The number of alkyl halides is 3. The lowest BCUT2D eigenvalue weighted by Gasteiger charge is -2.10. The van der Waals surface area contributed by atoms with Gasteiger partial charge in [-0.1, -0.05) is 23.7 Å². The topological polar surface area (TPSA) is 52.4 Å². The summed E-state index contributed by atoms with van der Waals surface area (Å²) in [6, 6.07) is 8.86. The Morgan fingerprint density at radius 1 is 1.14 bits per heavy atom. The fourth-order valence-electron chi connectivity index (χ4n) is 1.76. The Labute approximate surface area is 121 Å². The zero-order chi connectivity index (χ0) is 15.6. The second-order valence-corrected chi connectivity index (χ2v) is 4.43. The fraction of sp³-hybridized carbons (Fsp3) is 0.0769. The molecule has 2 rings (SSSR count). The molecular formula is C13H7ClF3NO3. The van der Waals surface area contributed by atoms with E-state index in [2.05, 4.69) is 4.74 Å². The number of rotatable bonds is 3. The lowest BCUT2D eigenvalue weighted by molar-refractivity contribution is -0.384. The summed E-state index contributed by atoms with van der Waals surface area (Å²) in [7, 11) is 0. The average Bonchev–Trinajstić information content (AvgIpc) is 2.36. The second kappa shape index (κ2) is 5.61. The van der Waals surface area contributed by atoms with Crippen molar-refractivity contribution >= 4 is 17.3 Å². The molecule has 0 aromatic heterocycles. The molecule has 0 unspecified atom stereocenters. The van der Waals surface area contributed by atoms with E-state index < -0.39 is 17.0 Å². The Kier molecular flexibility index (Phi) is 4.04. The van der Waals surface area contributed by atoms with Crippen LogP contribution in [0.25, 0.3) is 11.1 Å². The predicted octanol–water partition coefficient (Wildman–Crippen LogP) is 4.81. The van der Waals surface area contributed by atoms with E-state index in [0.29, 0.717) is 0 Å². The molecule has 8 heteroatoms. The Morgan fingerprint density at radius 3 is 2.48 bits per heavy atom. The molecule has 0 atom stereocenters. The highest BCUT2D eigenvalue weighted by atomic mass is 35.5. The maximum atomic E-state index is 12.2. The minimum Gasteiger partial charge on any atom is -0.406 e. The maximum absolute atomic E-state index is 12.2. The third-order valence-electron chi connectivity index (χ3n) is 2.54. The molecule has 0 amide bonds. The van der Waals surface area contributed by atoms with Gasteiger partial charge >= 0.3 is 6.36 Å². The zero-order valence-electron chi connectivity index (χ0n) is 10.2. The van der Waals surface area contributed by atoms with E-state index in [1.54, 1.807) is 0 Å². The number of hydrogen-bond acceptors (Lipinski definition) is 3. The summed E-state index contributed by atoms with van der Waals surface area (Å²) in [5.74, 6) is -0.454. The van der Waals surface area contributed by atoms with E-state index in [1.165, 1.54) is 24.3 Å². The average molecular weight is 318 g/mol. The molecule has 0 radical (unpaired) electrons. The molecule has 2 aromatic carbocycles. The number of hydrogen-bond donors (Lipinski definition) is 0. The molecule has 2 aromatic rings. The van der Waals surface area contributed by atoms with Crippen molar-refractivity contribution in [3.63, 3.8) is 0 Å². The molecule has 0 bridgehead atoms. The van der Waals surface area contributed by atoms with Crippen LogP contribution < -0.4 is 4.74 Å². The van der Waals surface area contributed by atoms with Crippen molar-refractivity contribution in [2.45, 2.75) is 6.36 Å². The summed E-state index contributed by atoms with van der Waals surface area (Å²) in [6.07, 6.45) is -4.83. The van der Waals surface area contributed by atoms with Crippen LogP contribution in [0.1, 0.15) is 0 Å². The van der Waals surface area contributed by atoms with Crippen LogP contribution in [0.2, 0.25) is 5.02 Å². The number of nitro benzene ring substituents is 1. The fourth-order valence-corrected chi connectivity index (χ4v) is 1.93. The van der Waals surface area contributed by atoms with Crippen LogP contribution in [0.5, 0.6) is 5.75 Å². The van der Waals surface area contributed by atoms with Crippen LogP contribution in [-0.2, 0) is 0 Å². The van der Waals surface area contributed by atoms with Crippen molar-refractivity contribution in [1.29, 1.82) is 0 Å². The molecule has 0 aliphatic rings. The highest BCUT2D eigenvalue weighted by Crippen LogP contribution is 2.34. The standard InChI is InChI=1S/C13H7ClF3NO3/c14-9-4-5-11(12(7-9)18(19)20)8-2-1-3-10(6-8)21-13(15,16)17/h1-7H. The minimum absolute atomic E-state index is 0.150. The lowest BCUT2D eigenvalue weighted by Crippen LogP contribution is -2.17. The van der Waals surface area contributed by atoms with Crippen LogP contribution in [0.15, 0.2) is 42.5 Å². The summed E-state index contributed by atoms with van der Waals surface area (Å²) < 4.78 is 40.4. The van der Waals surface area contributed by atoms with Gasteiger partial charge in [0.15, 0.2) is 0 Å². The molecule has 110 valence electrons. The molecule has 0 heterocycles. The highest BCUT2D eigenvalue weighted by molar-refractivity contribution is 6.30. The maximum Gasteiger partial charge on any atom is 0.573 e. The summed E-state index contributed by atoms with van der Waals surface area (Å²) in [5.41, 5.74) is 0.0730. The third kappa shape index (κ3) is 3.85. The molecule has 4 nitrogen and oxygen atoms in total. The normalized spacial score (nSPS) is 11.2. The predicted molar refractivity (Wildman–Crippen MR) is 70.2 cm³/mol. The summed E-state index contributed by atoms with van der Waals surface area (Å²) >= 11 is 5.69. The molecule has 21 heavy (non-hydrogen) atoms. The van der Waals surface area contributed by atoms with Crippen LogP contribution >= 0.6 is 11.6 Å². The van der Waals surface area contributed by atoms with E-state index in [4.69, 9.17) is 11.6 Å². The number of ether oxygens (including phenoxy) is 1. The van der Waals surface area contributed by atoms with Gasteiger partial charge in [0.25, 0.3) is 5.69 Å². The third-order valence-corrected chi connectivity index (χ3v) is 2.77. The van der Waals surface area contributed by atoms with Gasteiger partial charge < -0.3 is 4.74 Å². The molecule has 0 fully saturated rings. The largest absolute Gasteiger partial charge is 0.573 e. The summed E-state index contributed by atoms with van der Waals surface area (Å²) in [5, 5.41) is 11.2. The first-order valence-electron chi connectivity index (χ1n) is 5.56. The monoisotopic (exact) mass is 317 g/mol. The number of nitrogens with zero attached hydrogens (tertiary/aromatic N) is 1. The molecule has 0 N–H and O–H groups in total. The zero-order valence-corrected chi connectivity index (χ0v) is 11.0. The number of benzene rings is 2. The van der Waals surface area contributed by atoms with Crippen molar-refractivity contribution in [3.05, 3.63) is 57.6 Å². The van der Waals surface area contributed by atoms with Gasteiger partial charge in [-0.2, -0.15) is 0 Å². The van der Waals surface area contributed by atoms with Crippen LogP contribution in [0.3, 0.4) is 0 Å². The summed E-state index contributed by atoms with van der Waals surface area (Å²) in [6.45, 7) is 0. The molecule has 0 spiro atoms. The van der Waals surface area contributed by atoms with Gasteiger partial charge in [-0.3, -0.25) is 10.1 Å². The summed E-state index contributed by atoms with van der Waals surface area (Å²) in [4.78, 5) is 10.3. The SMILES string of the molecule is O=[N+]([O-])c1cc(Cl)ccc1-c1cccc(OC(F)(F)F)c1. The Bertz CT molecular complexity index is 689. The van der Waals surface area contributed by atoms with Crippen molar-refractivity contribution in [1.82, 2.24) is 0 Å². The first-order valence-corrected chi connectivity index (χ1v) is 5.94. The molecule has 0 saturated heterocycles. The Balaban J connectivity index is 2.48. The van der Waals surface area contributed by atoms with Crippen molar-refractivity contribution in [3.8, 4) is 16.9 Å². The van der Waals surface area contributed by atoms with E-state index in [9.17, 15) is 23.3 Å². The van der Waals surface area contributed by atoms with E-state index in [1.807, 2.05) is 0 Å². The second-order valence-electron chi connectivity index (χ2n) is 3.99. The Hall–Kier alpha value is -2.28. The van der Waals surface area contributed by atoms with Gasteiger partial charge in [-0.15, -0.1) is 13.2 Å². The first-order chi connectivity index (χ1) is 9.76. The number of halogens is 4.